The van der Waals surface area contributed by atoms with Gasteiger partial charge in [-0.1, -0.05) is 13.8 Å². The third kappa shape index (κ3) is 12.8. The molecule has 0 spiro atoms. The van der Waals surface area contributed by atoms with E-state index in [0.717, 1.165) is 0 Å². The van der Waals surface area contributed by atoms with E-state index in [1.54, 1.807) is 13.8 Å². The molecule has 0 fully saturated rings. The van der Waals surface area contributed by atoms with Crippen LogP contribution in [0.2, 0.25) is 0 Å². The van der Waals surface area contributed by atoms with E-state index >= 15 is 0 Å². The van der Waals surface area contributed by atoms with Crippen LogP contribution >= 0.6 is 12.6 Å². The van der Waals surface area contributed by atoms with E-state index in [-0.39, 0.29) is 43.4 Å². The third-order valence-corrected chi connectivity index (χ3v) is 4.87. The number of thiol groups is 1. The molecule has 0 aromatic heterocycles. The summed E-state index contributed by atoms with van der Waals surface area (Å²) in [5.74, 6) is -4.66. The summed E-state index contributed by atoms with van der Waals surface area (Å²) in [7, 11) is 0. The summed E-state index contributed by atoms with van der Waals surface area (Å²) in [6.45, 7) is 3.77. The van der Waals surface area contributed by atoms with Gasteiger partial charge < -0.3 is 44.0 Å². The molecule has 0 aliphatic rings. The van der Waals surface area contributed by atoms with Crippen LogP contribution in [0.1, 0.15) is 39.5 Å². The number of carboxylic acids is 1. The van der Waals surface area contributed by atoms with Crippen molar-refractivity contribution in [2.75, 3.05) is 12.3 Å². The van der Waals surface area contributed by atoms with Crippen LogP contribution in [-0.2, 0) is 24.0 Å². The van der Waals surface area contributed by atoms with Gasteiger partial charge in [-0.2, -0.15) is 12.6 Å². The summed E-state index contributed by atoms with van der Waals surface area (Å²) in [5, 5.41) is 16.6. The van der Waals surface area contributed by atoms with Gasteiger partial charge in [0, 0.05) is 12.3 Å². The Morgan fingerprint density at radius 2 is 1.44 bits per heavy atom. The minimum Gasteiger partial charge on any atom is -0.480 e. The standard InChI is InChI=1S/C19H36N8O6S/c1-9(2)6-12(16(30)25-11(18(32)33)4-3-5-24-19(22)23)27-17(31)13(7-14(21)28)26-15(29)10(20)8-34/h9-13,34H,3-8,20H2,1-2H3,(H2,21,28)(H,25,30)(H,26,29)(H,27,31)(H,32,33)(H4,22,23,24). The maximum atomic E-state index is 12.8. The molecule has 0 radical (unpaired) electrons. The Balaban J connectivity index is 5.43. The van der Waals surface area contributed by atoms with Crippen LogP contribution in [0, 0.1) is 5.92 Å². The van der Waals surface area contributed by atoms with Gasteiger partial charge in [-0.3, -0.25) is 24.2 Å². The Morgan fingerprint density at radius 1 is 0.912 bits per heavy atom. The first-order valence-corrected chi connectivity index (χ1v) is 11.3. The Hall–Kier alpha value is -3.07. The van der Waals surface area contributed by atoms with E-state index in [9.17, 15) is 29.1 Å². The molecular weight excluding hydrogens is 468 g/mol. The van der Waals surface area contributed by atoms with E-state index < -0.39 is 60.2 Å². The zero-order valence-electron chi connectivity index (χ0n) is 19.3. The normalized spacial score (nSPS) is 14.3. The summed E-state index contributed by atoms with van der Waals surface area (Å²) < 4.78 is 0. The fourth-order valence-electron chi connectivity index (χ4n) is 2.78. The zero-order valence-corrected chi connectivity index (χ0v) is 20.2. The quantitative estimate of drug-likeness (QED) is 0.0442. The molecule has 0 bridgehead atoms. The van der Waals surface area contributed by atoms with Crippen molar-refractivity contribution in [2.45, 2.75) is 63.7 Å². The highest BCUT2D eigenvalue weighted by Gasteiger charge is 2.31. The molecule has 0 heterocycles. The molecule has 0 aromatic carbocycles. The van der Waals surface area contributed by atoms with Crippen molar-refractivity contribution in [3.63, 3.8) is 0 Å². The topological polar surface area (TPSA) is 258 Å². The first kappa shape index (κ1) is 30.9. The molecule has 0 aliphatic carbocycles. The number of hydrogen-bond donors (Lipinski definition) is 9. The molecule has 0 aromatic rings. The van der Waals surface area contributed by atoms with Crippen LogP contribution in [0.5, 0.6) is 0 Å². The smallest absolute Gasteiger partial charge is 0.326 e. The monoisotopic (exact) mass is 504 g/mol. The average molecular weight is 505 g/mol. The third-order valence-electron chi connectivity index (χ3n) is 4.47. The number of hydrogen-bond acceptors (Lipinski definition) is 8. The van der Waals surface area contributed by atoms with Crippen molar-refractivity contribution in [3.05, 3.63) is 0 Å². The van der Waals surface area contributed by atoms with Crippen molar-refractivity contribution >= 4 is 48.2 Å². The minimum atomic E-state index is -1.38. The Kier molecular flexibility index (Phi) is 14.3. The number of nitrogens with two attached hydrogens (primary N) is 4. The molecule has 15 heteroatoms. The predicted octanol–water partition coefficient (Wildman–Crippen LogP) is -3.24. The van der Waals surface area contributed by atoms with E-state index in [1.165, 1.54) is 0 Å². The molecule has 0 saturated heterocycles. The number of amides is 4. The van der Waals surface area contributed by atoms with E-state index in [2.05, 4.69) is 33.6 Å². The van der Waals surface area contributed by atoms with Crippen LogP contribution in [0.3, 0.4) is 0 Å². The second-order valence-corrected chi connectivity index (χ2v) is 8.42. The van der Waals surface area contributed by atoms with Gasteiger partial charge in [0.2, 0.25) is 23.6 Å². The molecule has 4 unspecified atom stereocenters. The van der Waals surface area contributed by atoms with Gasteiger partial charge in [-0.15, -0.1) is 0 Å². The van der Waals surface area contributed by atoms with E-state index in [1.807, 2.05) is 0 Å². The van der Waals surface area contributed by atoms with Gasteiger partial charge >= 0.3 is 5.97 Å². The highest BCUT2D eigenvalue weighted by Crippen LogP contribution is 2.08. The number of primary amides is 1. The second kappa shape index (κ2) is 15.7. The van der Waals surface area contributed by atoms with Crippen LogP contribution in [-0.4, -0.2) is 77.1 Å². The van der Waals surface area contributed by atoms with Crippen LogP contribution in [0.25, 0.3) is 0 Å². The van der Waals surface area contributed by atoms with Gasteiger partial charge in [-0.25, -0.2) is 4.79 Å². The van der Waals surface area contributed by atoms with Gasteiger partial charge in [-0.05, 0) is 25.2 Å². The first-order valence-electron chi connectivity index (χ1n) is 10.6. The number of carbonyl (C=O) groups is 5. The summed E-state index contributed by atoms with van der Waals surface area (Å²) in [4.78, 5) is 64.4. The molecule has 12 N–H and O–H groups in total. The minimum absolute atomic E-state index is 0.00507. The molecular formula is C19H36N8O6S. The predicted molar refractivity (Wildman–Crippen MR) is 128 cm³/mol. The van der Waals surface area contributed by atoms with Gasteiger partial charge in [0.15, 0.2) is 5.96 Å². The Labute approximate surface area is 203 Å². The zero-order chi connectivity index (χ0) is 26.4. The van der Waals surface area contributed by atoms with Gasteiger partial charge in [0.05, 0.1) is 12.5 Å². The summed E-state index contributed by atoms with van der Waals surface area (Å²) in [6.07, 6.45) is -0.0443. The highest BCUT2D eigenvalue weighted by molar-refractivity contribution is 7.80. The SMILES string of the molecule is CC(C)CC(NC(=O)C(CC(N)=O)NC(=O)C(N)CS)C(=O)NC(CCCN=C(N)N)C(=O)O. The molecule has 194 valence electrons. The van der Waals surface area contributed by atoms with E-state index in [0.29, 0.717) is 0 Å². The van der Waals surface area contributed by atoms with Crippen molar-refractivity contribution in [2.24, 2.45) is 33.8 Å². The first-order chi connectivity index (χ1) is 15.8. The van der Waals surface area contributed by atoms with Crippen molar-refractivity contribution < 1.29 is 29.1 Å². The molecule has 0 aliphatic heterocycles. The molecule has 0 saturated carbocycles. The molecule has 34 heavy (non-hydrogen) atoms. The lowest BCUT2D eigenvalue weighted by Gasteiger charge is -2.25. The fourth-order valence-corrected chi connectivity index (χ4v) is 2.95. The number of carbonyl (C=O) groups excluding carboxylic acids is 4. The number of nitrogens with one attached hydrogen (secondary N) is 3. The molecule has 14 nitrogen and oxygen atoms in total. The van der Waals surface area contributed by atoms with Crippen LogP contribution in [0.4, 0.5) is 0 Å². The van der Waals surface area contributed by atoms with E-state index in [4.69, 9.17) is 22.9 Å². The lowest BCUT2D eigenvalue weighted by Crippen LogP contribution is -2.58. The van der Waals surface area contributed by atoms with Gasteiger partial charge in [0.25, 0.3) is 0 Å². The van der Waals surface area contributed by atoms with Crippen molar-refractivity contribution in [3.8, 4) is 0 Å². The number of guanidine groups is 1. The average Bonchev–Trinajstić information content (AvgIpc) is 2.72. The maximum Gasteiger partial charge on any atom is 0.326 e. The number of carboxylic acid groups (broad SMARTS) is 1. The summed E-state index contributed by atoms with van der Waals surface area (Å²) >= 11 is 3.91. The molecule has 4 atom stereocenters. The van der Waals surface area contributed by atoms with Crippen molar-refractivity contribution in [1.82, 2.24) is 16.0 Å². The number of aliphatic carboxylic acids is 1. The number of nitrogens with zero attached hydrogens (tertiary/aromatic N) is 1. The lowest BCUT2D eigenvalue weighted by molar-refractivity contribution is -0.142. The second-order valence-electron chi connectivity index (χ2n) is 8.06. The van der Waals surface area contributed by atoms with Gasteiger partial charge in [0.1, 0.15) is 18.1 Å². The highest BCUT2D eigenvalue weighted by atomic mass is 32.1. The number of aliphatic imine (C=N–C) groups is 1. The van der Waals surface area contributed by atoms with Crippen LogP contribution in [0.15, 0.2) is 4.99 Å². The van der Waals surface area contributed by atoms with Crippen LogP contribution < -0.4 is 38.9 Å². The lowest BCUT2D eigenvalue weighted by atomic mass is 10.0. The summed E-state index contributed by atoms with van der Waals surface area (Å²) in [5.41, 5.74) is 21.2. The summed E-state index contributed by atoms with van der Waals surface area (Å²) in [6, 6.07) is -4.80. The number of rotatable bonds is 16. The Bertz CT molecular complexity index is 759. The largest absolute Gasteiger partial charge is 0.480 e. The molecule has 4 amide bonds. The fraction of sp³-hybridized carbons (Fsp3) is 0.684. The Morgan fingerprint density at radius 3 is 1.91 bits per heavy atom. The maximum absolute atomic E-state index is 12.8. The molecule has 0 rings (SSSR count). The van der Waals surface area contributed by atoms with Crippen molar-refractivity contribution in [1.29, 1.82) is 0 Å².